The normalized spacial score (nSPS) is 11.0. The molecule has 0 aliphatic rings. The lowest BCUT2D eigenvalue weighted by atomic mass is 10.2. The fourth-order valence-electron chi connectivity index (χ4n) is 3.19. The zero-order valence-corrected chi connectivity index (χ0v) is 19.5. The van der Waals surface area contributed by atoms with Gasteiger partial charge in [-0.3, -0.25) is 9.74 Å². The van der Waals surface area contributed by atoms with Crippen LogP contribution in [0.1, 0.15) is 11.1 Å². The summed E-state index contributed by atoms with van der Waals surface area (Å²) in [5.41, 5.74) is 5.43. The number of para-hydroxylation sites is 1. The fraction of sp³-hybridized carbons (Fsp3) is 0.222. The molecule has 0 spiro atoms. The summed E-state index contributed by atoms with van der Waals surface area (Å²) >= 11 is 0. The van der Waals surface area contributed by atoms with Crippen molar-refractivity contribution in [2.24, 2.45) is 0 Å². The van der Waals surface area contributed by atoms with Crippen LogP contribution in [0, 0.1) is 11.8 Å². The van der Waals surface area contributed by atoms with Crippen LogP contribution in [0.15, 0.2) is 78.9 Å². The lowest BCUT2D eigenvalue weighted by molar-refractivity contribution is 0.0166. The lowest BCUT2D eigenvalue weighted by Crippen LogP contribution is -2.43. The maximum Gasteiger partial charge on any atom is 0.414 e. The largest absolute Gasteiger partial charge is 0.493 e. The summed E-state index contributed by atoms with van der Waals surface area (Å²) in [5, 5.41) is 0. The van der Waals surface area contributed by atoms with E-state index in [0.717, 1.165) is 11.1 Å². The molecule has 0 bridgehead atoms. The van der Waals surface area contributed by atoms with Crippen molar-refractivity contribution in [2.45, 2.75) is 12.6 Å². The third kappa shape index (κ3) is 7.01. The summed E-state index contributed by atoms with van der Waals surface area (Å²) in [5.74, 6) is 7.55. The first-order valence-corrected chi connectivity index (χ1v) is 10.7. The molecule has 0 fully saturated rings. The third-order valence-corrected chi connectivity index (χ3v) is 4.90. The fourth-order valence-corrected chi connectivity index (χ4v) is 3.19. The molecule has 0 aliphatic heterocycles. The molecule has 3 aromatic carbocycles. The van der Waals surface area contributed by atoms with E-state index in [1.807, 2.05) is 78.9 Å². The summed E-state index contributed by atoms with van der Waals surface area (Å²) < 4.78 is 15.6. The molecular formula is C27H28N2O5. The number of hydrogen-bond acceptors (Lipinski definition) is 6. The number of carbonyl (C=O) groups excluding carboxylic acids is 1. The van der Waals surface area contributed by atoms with Crippen LogP contribution >= 0.6 is 0 Å². The summed E-state index contributed by atoms with van der Waals surface area (Å²) in [6, 6.07) is 23.9. The van der Waals surface area contributed by atoms with Gasteiger partial charge in [-0.1, -0.05) is 54.3 Å². The van der Waals surface area contributed by atoms with Crippen molar-refractivity contribution >= 4 is 11.8 Å². The lowest BCUT2D eigenvalue weighted by Gasteiger charge is -2.24. The van der Waals surface area contributed by atoms with Gasteiger partial charge in [0, 0.05) is 11.3 Å². The number of rotatable bonds is 9. The van der Waals surface area contributed by atoms with Gasteiger partial charge in [-0.05, 0) is 42.0 Å². The van der Waals surface area contributed by atoms with E-state index in [2.05, 4.69) is 17.3 Å². The van der Waals surface area contributed by atoms with Crippen LogP contribution in [-0.4, -0.2) is 40.0 Å². The van der Waals surface area contributed by atoms with Crippen molar-refractivity contribution in [3.63, 3.8) is 0 Å². The topological polar surface area (TPSA) is 69.3 Å². The average Bonchev–Trinajstić information content (AvgIpc) is 2.90. The van der Waals surface area contributed by atoms with Crippen LogP contribution in [-0.2, 0) is 16.2 Å². The Morgan fingerprint density at radius 2 is 1.59 bits per heavy atom. The Morgan fingerprint density at radius 3 is 2.24 bits per heavy atom. The number of ether oxygens (including phenoxy) is 3. The van der Waals surface area contributed by atoms with Crippen LogP contribution < -0.4 is 19.9 Å². The zero-order chi connectivity index (χ0) is 24.2. The highest BCUT2D eigenvalue weighted by Gasteiger charge is 2.20. The van der Waals surface area contributed by atoms with Crippen molar-refractivity contribution in [3.05, 3.63) is 90.0 Å². The minimum absolute atomic E-state index is 0.211. The number of hydroxylamine groups is 1. The Kier molecular flexibility index (Phi) is 9.35. The van der Waals surface area contributed by atoms with E-state index in [9.17, 15) is 4.79 Å². The Balaban J connectivity index is 1.76. The van der Waals surface area contributed by atoms with Gasteiger partial charge in [0.1, 0.15) is 6.04 Å². The molecule has 1 unspecified atom stereocenters. The van der Waals surface area contributed by atoms with Crippen LogP contribution in [0.5, 0.6) is 11.5 Å². The maximum absolute atomic E-state index is 12.5. The SMILES string of the molecule is COC(=O)N(CC(C#Cc1ccccc1)NOCc1ccc(OC)c(OC)c1)c1ccccc1. The summed E-state index contributed by atoms with van der Waals surface area (Å²) in [7, 11) is 4.52. The quantitative estimate of drug-likeness (QED) is 0.377. The number of amides is 1. The van der Waals surface area contributed by atoms with Crippen molar-refractivity contribution in [1.82, 2.24) is 5.48 Å². The number of hydrogen-bond donors (Lipinski definition) is 1. The molecule has 1 atom stereocenters. The first-order chi connectivity index (χ1) is 16.6. The van der Waals surface area contributed by atoms with Crippen LogP contribution in [0.25, 0.3) is 0 Å². The van der Waals surface area contributed by atoms with Gasteiger partial charge in [-0.2, -0.15) is 5.48 Å². The van der Waals surface area contributed by atoms with Crippen molar-refractivity contribution < 1.29 is 23.8 Å². The first-order valence-electron chi connectivity index (χ1n) is 10.7. The van der Waals surface area contributed by atoms with E-state index in [1.165, 1.54) is 12.0 Å². The van der Waals surface area contributed by atoms with Crippen molar-refractivity contribution in [3.8, 4) is 23.3 Å². The van der Waals surface area contributed by atoms with Crippen LogP contribution in [0.2, 0.25) is 0 Å². The molecule has 0 saturated carbocycles. The van der Waals surface area contributed by atoms with E-state index in [0.29, 0.717) is 17.2 Å². The van der Waals surface area contributed by atoms with Gasteiger partial charge >= 0.3 is 6.09 Å². The molecule has 7 heteroatoms. The molecule has 34 heavy (non-hydrogen) atoms. The van der Waals surface area contributed by atoms with Gasteiger partial charge < -0.3 is 14.2 Å². The molecule has 0 aromatic heterocycles. The summed E-state index contributed by atoms with van der Waals surface area (Å²) in [4.78, 5) is 19.8. The maximum atomic E-state index is 12.5. The average molecular weight is 461 g/mol. The smallest absolute Gasteiger partial charge is 0.414 e. The Hall–Kier alpha value is -3.99. The highest BCUT2D eigenvalue weighted by Crippen LogP contribution is 2.27. The molecule has 1 N–H and O–H groups in total. The number of nitrogens with one attached hydrogen (secondary N) is 1. The minimum atomic E-state index is -0.500. The Labute approximate surface area is 200 Å². The molecule has 3 aromatic rings. The van der Waals surface area contributed by atoms with E-state index in [4.69, 9.17) is 19.0 Å². The van der Waals surface area contributed by atoms with Gasteiger partial charge in [0.25, 0.3) is 0 Å². The van der Waals surface area contributed by atoms with Gasteiger partial charge in [-0.15, -0.1) is 0 Å². The van der Waals surface area contributed by atoms with Gasteiger partial charge in [-0.25, -0.2) is 4.79 Å². The van der Waals surface area contributed by atoms with E-state index < -0.39 is 12.1 Å². The first kappa shape index (κ1) is 24.6. The predicted octanol–water partition coefficient (Wildman–Crippen LogP) is 4.42. The van der Waals surface area contributed by atoms with Crippen LogP contribution in [0.4, 0.5) is 10.5 Å². The molecular weight excluding hydrogens is 432 g/mol. The van der Waals surface area contributed by atoms with Gasteiger partial charge in [0.2, 0.25) is 0 Å². The Morgan fingerprint density at radius 1 is 0.912 bits per heavy atom. The number of nitrogens with zero attached hydrogens (tertiary/aromatic N) is 1. The van der Waals surface area contributed by atoms with E-state index in [1.54, 1.807) is 14.2 Å². The van der Waals surface area contributed by atoms with Gasteiger partial charge in [0.05, 0.1) is 34.5 Å². The minimum Gasteiger partial charge on any atom is -0.493 e. The van der Waals surface area contributed by atoms with Crippen molar-refractivity contribution in [2.75, 3.05) is 32.8 Å². The molecule has 1 amide bonds. The predicted molar refractivity (Wildman–Crippen MR) is 131 cm³/mol. The number of methoxy groups -OCH3 is 3. The highest BCUT2D eigenvalue weighted by molar-refractivity contribution is 5.87. The molecule has 0 aliphatic carbocycles. The second-order valence-corrected chi connectivity index (χ2v) is 7.20. The Bertz CT molecular complexity index is 1110. The molecule has 7 nitrogen and oxygen atoms in total. The van der Waals surface area contributed by atoms with Crippen LogP contribution in [0.3, 0.4) is 0 Å². The number of anilines is 1. The second kappa shape index (κ2) is 12.9. The molecule has 0 heterocycles. The zero-order valence-electron chi connectivity index (χ0n) is 19.5. The summed E-state index contributed by atoms with van der Waals surface area (Å²) in [6.45, 7) is 0.468. The number of benzene rings is 3. The third-order valence-electron chi connectivity index (χ3n) is 4.90. The molecule has 176 valence electrons. The van der Waals surface area contributed by atoms with E-state index >= 15 is 0 Å². The monoisotopic (exact) mass is 460 g/mol. The van der Waals surface area contributed by atoms with Crippen molar-refractivity contribution in [1.29, 1.82) is 0 Å². The molecule has 0 radical (unpaired) electrons. The molecule has 0 saturated heterocycles. The molecule has 3 rings (SSSR count). The highest BCUT2D eigenvalue weighted by atomic mass is 16.6. The second-order valence-electron chi connectivity index (χ2n) is 7.20. The van der Waals surface area contributed by atoms with Gasteiger partial charge in [0.15, 0.2) is 11.5 Å². The standard InChI is InChI=1S/C27H28N2O5/c1-31-25-17-15-22(18-26(25)32-2)20-34-28-23(16-14-21-10-6-4-7-11-21)19-29(27(30)33-3)24-12-8-5-9-13-24/h4-13,15,17-18,23,28H,19-20H2,1-3H3. The summed E-state index contributed by atoms with van der Waals surface area (Å²) in [6.07, 6.45) is -0.487. The number of carbonyl (C=O) groups is 1. The van der Waals surface area contributed by atoms with E-state index in [-0.39, 0.29) is 13.2 Å².